The molecule has 37 heavy (non-hydrogen) atoms. The summed E-state index contributed by atoms with van der Waals surface area (Å²) in [6.45, 7) is 3.46. The van der Waals surface area contributed by atoms with Gasteiger partial charge in [-0.05, 0) is 48.5 Å². The summed E-state index contributed by atoms with van der Waals surface area (Å²) in [5.74, 6) is -4.87. The fraction of sp³-hybridized carbons (Fsp3) is 0.542. The normalized spacial score (nSPS) is 14.9. The molecule has 3 amide bonds. The molecule has 0 heterocycles. The Hall–Kier alpha value is -3.32. The highest BCUT2D eigenvalue weighted by Crippen LogP contribution is 2.12. The highest BCUT2D eigenvalue weighted by atomic mass is 32.2. The van der Waals surface area contributed by atoms with Crippen molar-refractivity contribution < 1.29 is 39.3 Å². The van der Waals surface area contributed by atoms with Gasteiger partial charge < -0.3 is 37.0 Å². The zero-order chi connectivity index (χ0) is 28.1. The second kappa shape index (κ2) is 15.7. The van der Waals surface area contributed by atoms with Crippen molar-refractivity contribution in [1.82, 2.24) is 16.0 Å². The van der Waals surface area contributed by atoms with Crippen molar-refractivity contribution in [2.75, 3.05) is 12.0 Å². The average Bonchev–Trinajstić information content (AvgIpc) is 2.84. The zero-order valence-electron chi connectivity index (χ0n) is 21.1. The molecule has 0 saturated heterocycles. The summed E-state index contributed by atoms with van der Waals surface area (Å²) in [4.78, 5) is 61.5. The van der Waals surface area contributed by atoms with Gasteiger partial charge in [-0.15, -0.1) is 0 Å². The molecule has 0 aliphatic carbocycles. The van der Waals surface area contributed by atoms with Gasteiger partial charge in [-0.2, -0.15) is 11.8 Å². The highest BCUT2D eigenvalue weighted by molar-refractivity contribution is 7.98. The van der Waals surface area contributed by atoms with E-state index in [-0.39, 0.29) is 18.6 Å². The van der Waals surface area contributed by atoms with E-state index in [1.54, 1.807) is 32.2 Å². The molecular weight excluding hydrogens is 504 g/mol. The minimum Gasteiger partial charge on any atom is -0.508 e. The number of amides is 3. The molecule has 1 aromatic carbocycles. The van der Waals surface area contributed by atoms with Gasteiger partial charge in [-0.3, -0.25) is 19.2 Å². The first-order valence-corrected chi connectivity index (χ1v) is 13.2. The van der Waals surface area contributed by atoms with Crippen molar-refractivity contribution in [2.24, 2.45) is 11.7 Å². The summed E-state index contributed by atoms with van der Waals surface area (Å²) in [7, 11) is 0. The van der Waals surface area contributed by atoms with E-state index in [2.05, 4.69) is 16.0 Å². The van der Waals surface area contributed by atoms with Crippen LogP contribution in [0.1, 0.15) is 38.7 Å². The van der Waals surface area contributed by atoms with E-state index in [9.17, 15) is 39.3 Å². The topological polar surface area (TPSA) is 208 Å². The first kappa shape index (κ1) is 31.7. The van der Waals surface area contributed by atoms with E-state index < -0.39 is 66.2 Å². The number of carbonyl (C=O) groups excluding carboxylic acids is 3. The Balaban J connectivity index is 2.98. The molecule has 5 atom stereocenters. The predicted octanol–water partition coefficient (Wildman–Crippen LogP) is 0.0749. The standard InChI is InChI=1S/C24H36N4O8S/c1-4-13(2)20(23(34)26-17(24(35)36)9-10-37-3)28-22(33)18(12-19(30)31)27-21(32)16(25)11-14-5-7-15(29)8-6-14/h5-8,13,16-18,20,29H,4,9-12,25H2,1-3H3,(H,26,34)(H,27,32)(H,28,33)(H,30,31)(H,35,36). The molecule has 0 spiro atoms. The number of hydrogen-bond acceptors (Lipinski definition) is 8. The highest BCUT2D eigenvalue weighted by Gasteiger charge is 2.33. The number of thioether (sulfide) groups is 1. The number of carbonyl (C=O) groups is 5. The number of nitrogens with two attached hydrogens (primary N) is 1. The molecule has 5 unspecified atom stereocenters. The SMILES string of the molecule is CCC(C)C(NC(=O)C(CC(=O)O)NC(=O)C(N)Cc1ccc(O)cc1)C(=O)NC(CCSC)C(=O)O. The third-order valence-electron chi connectivity index (χ3n) is 5.76. The monoisotopic (exact) mass is 540 g/mol. The number of aromatic hydroxyl groups is 1. The Kier molecular flexibility index (Phi) is 13.5. The van der Waals surface area contributed by atoms with Crippen LogP contribution in [0, 0.1) is 5.92 Å². The van der Waals surface area contributed by atoms with Crippen LogP contribution in [0.4, 0.5) is 0 Å². The van der Waals surface area contributed by atoms with Crippen molar-refractivity contribution in [1.29, 1.82) is 0 Å². The van der Waals surface area contributed by atoms with Crippen LogP contribution >= 0.6 is 11.8 Å². The molecule has 0 bridgehead atoms. The molecule has 1 aromatic rings. The van der Waals surface area contributed by atoms with Gasteiger partial charge in [0.1, 0.15) is 23.9 Å². The van der Waals surface area contributed by atoms with Crippen molar-refractivity contribution in [3.8, 4) is 5.75 Å². The lowest BCUT2D eigenvalue weighted by atomic mass is 9.97. The Morgan fingerprint density at radius 2 is 1.54 bits per heavy atom. The lowest BCUT2D eigenvalue weighted by molar-refractivity contribution is -0.143. The zero-order valence-corrected chi connectivity index (χ0v) is 21.9. The number of phenols is 1. The molecule has 0 radical (unpaired) electrons. The van der Waals surface area contributed by atoms with E-state index >= 15 is 0 Å². The summed E-state index contributed by atoms with van der Waals surface area (Å²) in [6, 6.07) is 1.04. The maximum absolute atomic E-state index is 13.0. The fourth-order valence-electron chi connectivity index (χ4n) is 3.35. The molecular formula is C24H36N4O8S. The number of phenolic OH excluding ortho intramolecular Hbond substituents is 1. The molecule has 0 fully saturated rings. The number of rotatable bonds is 16. The number of nitrogens with one attached hydrogen (secondary N) is 3. The molecule has 0 aliphatic rings. The van der Waals surface area contributed by atoms with Crippen LogP contribution in [0.3, 0.4) is 0 Å². The van der Waals surface area contributed by atoms with Crippen LogP contribution in [0.2, 0.25) is 0 Å². The minimum atomic E-state index is -1.53. The molecule has 12 nitrogen and oxygen atoms in total. The number of carboxylic acid groups (broad SMARTS) is 2. The van der Waals surface area contributed by atoms with Gasteiger partial charge in [0, 0.05) is 0 Å². The lowest BCUT2D eigenvalue weighted by Crippen LogP contribution is -2.59. The smallest absolute Gasteiger partial charge is 0.326 e. The molecule has 13 heteroatoms. The van der Waals surface area contributed by atoms with Crippen LogP contribution in [-0.2, 0) is 30.4 Å². The Morgan fingerprint density at radius 3 is 2.05 bits per heavy atom. The molecule has 206 valence electrons. The predicted molar refractivity (Wildman–Crippen MR) is 138 cm³/mol. The first-order chi connectivity index (χ1) is 17.4. The van der Waals surface area contributed by atoms with Crippen LogP contribution in [-0.4, -0.2) is 81.2 Å². The quantitative estimate of drug-likeness (QED) is 0.150. The van der Waals surface area contributed by atoms with Gasteiger partial charge in [0.15, 0.2) is 0 Å². The van der Waals surface area contributed by atoms with Crippen molar-refractivity contribution >= 4 is 41.4 Å². The lowest BCUT2D eigenvalue weighted by Gasteiger charge is -2.27. The van der Waals surface area contributed by atoms with Crippen molar-refractivity contribution in [3.63, 3.8) is 0 Å². The van der Waals surface area contributed by atoms with E-state index in [4.69, 9.17) is 5.73 Å². The summed E-state index contributed by atoms with van der Waals surface area (Å²) in [5, 5.41) is 35.3. The van der Waals surface area contributed by atoms with Crippen LogP contribution < -0.4 is 21.7 Å². The Labute approximate surface area is 219 Å². The maximum atomic E-state index is 13.0. The first-order valence-electron chi connectivity index (χ1n) is 11.8. The molecule has 0 aliphatic heterocycles. The number of aliphatic carboxylic acids is 2. The summed E-state index contributed by atoms with van der Waals surface area (Å²) >= 11 is 1.42. The molecule has 0 saturated carbocycles. The Morgan fingerprint density at radius 1 is 0.946 bits per heavy atom. The molecule has 0 aromatic heterocycles. The summed E-state index contributed by atoms with van der Waals surface area (Å²) < 4.78 is 0. The number of carboxylic acids is 2. The number of benzene rings is 1. The molecule has 1 rings (SSSR count). The van der Waals surface area contributed by atoms with Gasteiger partial charge >= 0.3 is 11.9 Å². The van der Waals surface area contributed by atoms with Gasteiger partial charge in [0.25, 0.3) is 0 Å². The maximum Gasteiger partial charge on any atom is 0.326 e. The second-order valence-electron chi connectivity index (χ2n) is 8.69. The fourth-order valence-corrected chi connectivity index (χ4v) is 3.82. The van der Waals surface area contributed by atoms with Crippen LogP contribution in [0.15, 0.2) is 24.3 Å². The van der Waals surface area contributed by atoms with E-state index in [0.717, 1.165) is 0 Å². The number of hydrogen-bond donors (Lipinski definition) is 7. The van der Waals surface area contributed by atoms with Crippen molar-refractivity contribution in [2.45, 2.75) is 63.7 Å². The van der Waals surface area contributed by atoms with Crippen molar-refractivity contribution in [3.05, 3.63) is 29.8 Å². The van der Waals surface area contributed by atoms with Gasteiger partial charge in [0.05, 0.1) is 12.5 Å². The minimum absolute atomic E-state index is 0.0405. The third-order valence-corrected chi connectivity index (χ3v) is 6.40. The summed E-state index contributed by atoms with van der Waals surface area (Å²) in [5.41, 5.74) is 6.58. The van der Waals surface area contributed by atoms with E-state index in [1.807, 2.05) is 0 Å². The Bertz CT molecular complexity index is 943. The average molecular weight is 541 g/mol. The largest absolute Gasteiger partial charge is 0.508 e. The van der Waals surface area contributed by atoms with Crippen LogP contribution in [0.5, 0.6) is 5.75 Å². The second-order valence-corrected chi connectivity index (χ2v) is 9.67. The van der Waals surface area contributed by atoms with Gasteiger partial charge in [0.2, 0.25) is 17.7 Å². The third kappa shape index (κ3) is 11.1. The van der Waals surface area contributed by atoms with E-state index in [1.165, 1.54) is 23.9 Å². The molecule has 8 N–H and O–H groups in total. The van der Waals surface area contributed by atoms with E-state index in [0.29, 0.717) is 17.7 Å². The van der Waals surface area contributed by atoms with Gasteiger partial charge in [-0.1, -0.05) is 32.4 Å². The summed E-state index contributed by atoms with van der Waals surface area (Å²) in [6.07, 6.45) is 1.74. The van der Waals surface area contributed by atoms with Gasteiger partial charge in [-0.25, -0.2) is 4.79 Å². The van der Waals surface area contributed by atoms with Crippen LogP contribution in [0.25, 0.3) is 0 Å².